The van der Waals surface area contributed by atoms with E-state index in [0.29, 0.717) is 37.0 Å². The van der Waals surface area contributed by atoms with Gasteiger partial charge in [-0.3, -0.25) is 4.99 Å². The van der Waals surface area contributed by atoms with Crippen LogP contribution in [0.5, 0.6) is 11.5 Å². The third kappa shape index (κ3) is 6.99. The number of nitrogens with one attached hydrogen (secondary N) is 2. The van der Waals surface area contributed by atoms with Gasteiger partial charge in [-0.1, -0.05) is 12.1 Å². The molecule has 6 nitrogen and oxygen atoms in total. The van der Waals surface area contributed by atoms with Crippen LogP contribution in [0.1, 0.15) is 18.9 Å². The van der Waals surface area contributed by atoms with Crippen LogP contribution in [0.25, 0.3) is 0 Å². The summed E-state index contributed by atoms with van der Waals surface area (Å²) >= 11 is 0. The first-order chi connectivity index (χ1) is 11.6. The Bertz CT molecular complexity index is 513. The fraction of sp³-hybridized carbons (Fsp3) is 0.562. The van der Waals surface area contributed by atoms with E-state index in [9.17, 15) is 8.78 Å². The molecule has 0 aromatic heterocycles. The van der Waals surface area contributed by atoms with Gasteiger partial charge >= 0.3 is 6.61 Å². The number of hydrogen-bond acceptors (Lipinski definition) is 4. The van der Waals surface area contributed by atoms with Crippen molar-refractivity contribution in [1.82, 2.24) is 10.6 Å². The minimum atomic E-state index is -2.92. The van der Waals surface area contributed by atoms with Gasteiger partial charge in [-0.15, -0.1) is 0 Å². The molecule has 0 unspecified atom stereocenters. The fourth-order valence-corrected chi connectivity index (χ4v) is 2.02. The lowest BCUT2D eigenvalue weighted by Gasteiger charge is -2.17. The minimum absolute atomic E-state index is 0.0386. The first kappa shape index (κ1) is 20.0. The Morgan fingerprint density at radius 3 is 2.71 bits per heavy atom. The van der Waals surface area contributed by atoms with Crippen molar-refractivity contribution in [1.29, 1.82) is 0 Å². The minimum Gasteiger partial charge on any atom is -0.490 e. The molecule has 0 amide bonds. The predicted molar refractivity (Wildman–Crippen MR) is 88.9 cm³/mol. The highest BCUT2D eigenvalue weighted by atomic mass is 19.3. The quantitative estimate of drug-likeness (QED) is 0.387. The number of ether oxygens (including phenoxy) is 3. The number of para-hydroxylation sites is 1. The molecule has 1 aromatic rings. The zero-order chi connectivity index (χ0) is 17.8. The molecule has 0 atom stereocenters. The van der Waals surface area contributed by atoms with E-state index >= 15 is 0 Å². The molecule has 0 saturated heterocycles. The van der Waals surface area contributed by atoms with E-state index in [0.717, 1.165) is 6.42 Å². The Balaban J connectivity index is 2.72. The summed E-state index contributed by atoms with van der Waals surface area (Å²) in [6.07, 6.45) is 0.830. The second-order valence-electron chi connectivity index (χ2n) is 4.75. The number of guanidine groups is 1. The molecule has 136 valence electrons. The molecule has 0 saturated carbocycles. The molecule has 24 heavy (non-hydrogen) atoms. The Kier molecular flexibility index (Phi) is 9.52. The molecule has 2 N–H and O–H groups in total. The van der Waals surface area contributed by atoms with Gasteiger partial charge in [0.05, 0.1) is 6.61 Å². The largest absolute Gasteiger partial charge is 0.490 e. The first-order valence-electron chi connectivity index (χ1n) is 7.75. The third-order valence-corrected chi connectivity index (χ3v) is 3.05. The number of alkyl halides is 2. The van der Waals surface area contributed by atoms with Gasteiger partial charge in [0, 0.05) is 39.4 Å². The molecular weight excluding hydrogens is 320 g/mol. The predicted octanol–water partition coefficient (Wildman–Crippen LogP) is 2.39. The average Bonchev–Trinajstić information content (AvgIpc) is 2.56. The van der Waals surface area contributed by atoms with Gasteiger partial charge in [0.2, 0.25) is 0 Å². The Morgan fingerprint density at radius 2 is 2.08 bits per heavy atom. The van der Waals surface area contributed by atoms with Crippen molar-refractivity contribution in [3.05, 3.63) is 23.8 Å². The van der Waals surface area contributed by atoms with Crippen LogP contribution in [0.2, 0.25) is 0 Å². The summed E-state index contributed by atoms with van der Waals surface area (Å²) < 4.78 is 40.3. The number of hydrogen-bond donors (Lipinski definition) is 2. The van der Waals surface area contributed by atoms with Gasteiger partial charge in [-0.2, -0.15) is 8.78 Å². The van der Waals surface area contributed by atoms with E-state index in [2.05, 4.69) is 20.4 Å². The van der Waals surface area contributed by atoms with Crippen molar-refractivity contribution < 1.29 is 23.0 Å². The summed E-state index contributed by atoms with van der Waals surface area (Å²) in [5.74, 6) is 0.896. The second-order valence-corrected chi connectivity index (χ2v) is 4.75. The van der Waals surface area contributed by atoms with Gasteiger partial charge in [0.25, 0.3) is 0 Å². The van der Waals surface area contributed by atoms with Crippen LogP contribution in [0.15, 0.2) is 23.2 Å². The SMILES string of the molecule is CCOc1cccc(CNC(=NC)NCCCOC)c1OC(F)F. The lowest BCUT2D eigenvalue weighted by molar-refractivity contribution is -0.0520. The summed E-state index contributed by atoms with van der Waals surface area (Å²) in [6, 6.07) is 5.03. The molecule has 0 radical (unpaired) electrons. The fourth-order valence-electron chi connectivity index (χ4n) is 2.02. The topological polar surface area (TPSA) is 64.1 Å². The first-order valence-corrected chi connectivity index (χ1v) is 7.75. The number of rotatable bonds is 10. The van der Waals surface area contributed by atoms with Gasteiger partial charge < -0.3 is 24.8 Å². The Labute approximate surface area is 141 Å². The zero-order valence-electron chi connectivity index (χ0n) is 14.3. The highest BCUT2D eigenvalue weighted by Gasteiger charge is 2.15. The molecule has 0 aliphatic rings. The van der Waals surface area contributed by atoms with Gasteiger partial charge in [0.15, 0.2) is 17.5 Å². The monoisotopic (exact) mass is 345 g/mol. The van der Waals surface area contributed by atoms with Crippen LogP contribution in [0.4, 0.5) is 8.78 Å². The maximum absolute atomic E-state index is 12.7. The molecule has 8 heteroatoms. The lowest BCUT2D eigenvalue weighted by atomic mass is 10.2. The summed E-state index contributed by atoms with van der Waals surface area (Å²) in [6.45, 7) is 0.825. The smallest absolute Gasteiger partial charge is 0.387 e. The normalized spacial score (nSPS) is 11.5. The second kappa shape index (κ2) is 11.4. The van der Waals surface area contributed by atoms with Crippen LogP contribution in [-0.2, 0) is 11.3 Å². The highest BCUT2D eigenvalue weighted by molar-refractivity contribution is 5.79. The third-order valence-electron chi connectivity index (χ3n) is 3.05. The summed E-state index contributed by atoms with van der Waals surface area (Å²) in [4.78, 5) is 4.08. The molecule has 0 bridgehead atoms. The summed E-state index contributed by atoms with van der Waals surface area (Å²) in [7, 11) is 3.28. The van der Waals surface area contributed by atoms with Gasteiger partial charge in [-0.25, -0.2) is 0 Å². The molecule has 0 aliphatic carbocycles. The van der Waals surface area contributed by atoms with Crippen LogP contribution >= 0.6 is 0 Å². The Hall–Kier alpha value is -2.09. The standard InChI is InChI=1S/C16H25F2N3O3/c1-4-23-13-8-5-7-12(14(13)24-15(17)18)11-21-16(19-2)20-9-6-10-22-3/h5,7-8,15H,4,6,9-11H2,1-3H3,(H2,19,20,21). The molecule has 0 spiro atoms. The van der Waals surface area contributed by atoms with E-state index in [-0.39, 0.29) is 12.3 Å². The number of nitrogens with zero attached hydrogens (tertiary/aromatic N) is 1. The number of halogens is 2. The van der Waals surface area contributed by atoms with E-state index in [1.54, 1.807) is 39.3 Å². The van der Waals surface area contributed by atoms with E-state index in [1.165, 1.54) is 0 Å². The molecule has 1 rings (SSSR count). The van der Waals surface area contributed by atoms with Crippen molar-refractivity contribution in [3.8, 4) is 11.5 Å². The summed E-state index contributed by atoms with van der Waals surface area (Å²) in [5.41, 5.74) is 0.557. The maximum atomic E-state index is 12.7. The number of methoxy groups -OCH3 is 1. The summed E-state index contributed by atoms with van der Waals surface area (Å²) in [5, 5.41) is 6.18. The molecule has 0 fully saturated rings. The van der Waals surface area contributed by atoms with Crippen molar-refractivity contribution in [2.45, 2.75) is 26.5 Å². The number of benzene rings is 1. The van der Waals surface area contributed by atoms with E-state index < -0.39 is 6.61 Å². The molecular formula is C16H25F2N3O3. The highest BCUT2D eigenvalue weighted by Crippen LogP contribution is 2.32. The molecule has 0 heterocycles. The van der Waals surface area contributed by atoms with Crippen LogP contribution < -0.4 is 20.1 Å². The average molecular weight is 345 g/mol. The van der Waals surface area contributed by atoms with Crippen LogP contribution in [0.3, 0.4) is 0 Å². The van der Waals surface area contributed by atoms with E-state index in [4.69, 9.17) is 9.47 Å². The lowest BCUT2D eigenvalue weighted by Crippen LogP contribution is -2.37. The van der Waals surface area contributed by atoms with Crippen molar-refractivity contribution in [2.75, 3.05) is 33.9 Å². The van der Waals surface area contributed by atoms with Crippen LogP contribution in [-0.4, -0.2) is 46.5 Å². The van der Waals surface area contributed by atoms with E-state index in [1.807, 2.05) is 0 Å². The van der Waals surface area contributed by atoms with Crippen molar-refractivity contribution in [2.24, 2.45) is 4.99 Å². The van der Waals surface area contributed by atoms with Crippen molar-refractivity contribution in [3.63, 3.8) is 0 Å². The number of aliphatic imine (C=N–C) groups is 1. The van der Waals surface area contributed by atoms with Crippen LogP contribution in [0, 0.1) is 0 Å². The van der Waals surface area contributed by atoms with Gasteiger partial charge in [0.1, 0.15) is 0 Å². The Morgan fingerprint density at radius 1 is 1.29 bits per heavy atom. The molecule has 0 aliphatic heterocycles. The van der Waals surface area contributed by atoms with Crippen molar-refractivity contribution >= 4 is 5.96 Å². The maximum Gasteiger partial charge on any atom is 0.387 e. The zero-order valence-corrected chi connectivity index (χ0v) is 14.3. The van der Waals surface area contributed by atoms with Gasteiger partial charge in [-0.05, 0) is 19.4 Å². The molecule has 1 aromatic carbocycles.